The first-order valence-corrected chi connectivity index (χ1v) is 8.34. The molecule has 1 saturated heterocycles. The Morgan fingerprint density at radius 2 is 2.11 bits per heavy atom. The van der Waals surface area contributed by atoms with Crippen molar-refractivity contribution < 1.29 is 0 Å². The Labute approximate surface area is 120 Å². The Morgan fingerprint density at radius 3 is 2.72 bits per heavy atom. The molecule has 0 spiro atoms. The van der Waals surface area contributed by atoms with Crippen molar-refractivity contribution in [2.75, 3.05) is 12.3 Å². The summed E-state index contributed by atoms with van der Waals surface area (Å²) in [6.45, 7) is 3.31. The van der Waals surface area contributed by atoms with Crippen LogP contribution in [0.25, 0.3) is 0 Å². The number of hydrogen-bond donors (Lipinski definition) is 1. The van der Waals surface area contributed by atoms with Crippen LogP contribution in [0.4, 0.5) is 0 Å². The molecule has 0 radical (unpaired) electrons. The minimum Gasteiger partial charge on any atom is -0.309 e. The molecule has 100 valence electrons. The number of nitrogens with one attached hydrogen (secondary N) is 1. The lowest BCUT2D eigenvalue weighted by Gasteiger charge is -2.31. The van der Waals surface area contributed by atoms with Crippen molar-refractivity contribution in [2.24, 2.45) is 0 Å². The summed E-state index contributed by atoms with van der Waals surface area (Å²) in [7, 11) is 0. The maximum absolute atomic E-state index is 5.98. The van der Waals surface area contributed by atoms with Crippen molar-refractivity contribution in [1.29, 1.82) is 0 Å². The van der Waals surface area contributed by atoms with Gasteiger partial charge in [-0.25, -0.2) is 0 Å². The maximum atomic E-state index is 5.98. The van der Waals surface area contributed by atoms with Crippen molar-refractivity contribution in [3.63, 3.8) is 0 Å². The van der Waals surface area contributed by atoms with Crippen LogP contribution in [0.5, 0.6) is 0 Å². The molecule has 2 rings (SSSR count). The zero-order chi connectivity index (χ0) is 12.8. The third-order valence-corrected chi connectivity index (χ3v) is 5.14. The van der Waals surface area contributed by atoms with Gasteiger partial charge in [-0.1, -0.05) is 37.1 Å². The topological polar surface area (TPSA) is 12.0 Å². The van der Waals surface area contributed by atoms with Gasteiger partial charge in [-0.2, -0.15) is 11.8 Å². The van der Waals surface area contributed by atoms with Crippen LogP contribution in [-0.2, 0) is 0 Å². The molecule has 1 aromatic rings. The Hall–Kier alpha value is -0.180. The van der Waals surface area contributed by atoms with E-state index in [1.807, 2.05) is 12.1 Å². The summed E-state index contributed by atoms with van der Waals surface area (Å²) < 4.78 is 0. The first-order valence-electron chi connectivity index (χ1n) is 6.91. The molecule has 1 nitrogen and oxygen atoms in total. The highest BCUT2D eigenvalue weighted by Crippen LogP contribution is 2.35. The molecule has 1 aliphatic heterocycles. The molecular formula is C15H22ClNS. The van der Waals surface area contributed by atoms with E-state index in [4.69, 9.17) is 11.6 Å². The number of halogens is 1. The SMILES string of the molecule is CCCNC(c1ccc(Cl)cc1)C1CCCCS1. The maximum Gasteiger partial charge on any atom is 0.0440 e. The van der Waals surface area contributed by atoms with E-state index < -0.39 is 0 Å². The van der Waals surface area contributed by atoms with E-state index in [1.54, 1.807) is 0 Å². The smallest absolute Gasteiger partial charge is 0.0440 e. The van der Waals surface area contributed by atoms with Crippen LogP contribution in [0.15, 0.2) is 24.3 Å². The van der Waals surface area contributed by atoms with Gasteiger partial charge in [0.05, 0.1) is 0 Å². The van der Waals surface area contributed by atoms with Crippen LogP contribution in [0.2, 0.25) is 5.02 Å². The molecule has 0 bridgehead atoms. The first kappa shape index (κ1) is 14.2. The zero-order valence-corrected chi connectivity index (χ0v) is 12.6. The molecule has 0 aliphatic carbocycles. The van der Waals surface area contributed by atoms with E-state index in [1.165, 1.54) is 37.0 Å². The molecule has 1 aliphatic rings. The van der Waals surface area contributed by atoms with Crippen molar-refractivity contribution >= 4 is 23.4 Å². The van der Waals surface area contributed by atoms with E-state index >= 15 is 0 Å². The third-order valence-electron chi connectivity index (χ3n) is 3.43. The largest absolute Gasteiger partial charge is 0.309 e. The Kier molecular flexibility index (Phi) is 5.87. The Balaban J connectivity index is 2.10. The quantitative estimate of drug-likeness (QED) is 0.843. The van der Waals surface area contributed by atoms with E-state index in [9.17, 15) is 0 Å². The van der Waals surface area contributed by atoms with Gasteiger partial charge in [-0.15, -0.1) is 0 Å². The van der Waals surface area contributed by atoms with Crippen molar-refractivity contribution in [1.82, 2.24) is 5.32 Å². The van der Waals surface area contributed by atoms with Crippen LogP contribution >= 0.6 is 23.4 Å². The van der Waals surface area contributed by atoms with E-state index in [2.05, 4.69) is 36.1 Å². The van der Waals surface area contributed by atoms with E-state index in [-0.39, 0.29) is 0 Å². The summed E-state index contributed by atoms with van der Waals surface area (Å²) in [5, 5.41) is 5.25. The summed E-state index contributed by atoms with van der Waals surface area (Å²) in [5.41, 5.74) is 1.38. The molecule has 0 amide bonds. The molecule has 1 heterocycles. The van der Waals surface area contributed by atoms with Crippen LogP contribution in [-0.4, -0.2) is 17.5 Å². The van der Waals surface area contributed by atoms with Crippen LogP contribution in [0.3, 0.4) is 0 Å². The highest BCUT2D eigenvalue weighted by Gasteiger charge is 2.24. The lowest BCUT2D eigenvalue weighted by atomic mass is 9.99. The molecule has 0 saturated carbocycles. The van der Waals surface area contributed by atoms with Crippen LogP contribution in [0, 0.1) is 0 Å². The number of thioether (sulfide) groups is 1. The summed E-state index contributed by atoms with van der Waals surface area (Å²) in [6, 6.07) is 8.83. The average molecular weight is 284 g/mol. The van der Waals surface area contributed by atoms with Crippen molar-refractivity contribution in [3.05, 3.63) is 34.9 Å². The summed E-state index contributed by atoms with van der Waals surface area (Å²) >= 11 is 8.11. The molecule has 2 unspecified atom stereocenters. The molecule has 3 heteroatoms. The molecular weight excluding hydrogens is 262 g/mol. The fourth-order valence-corrected chi connectivity index (χ4v) is 4.04. The van der Waals surface area contributed by atoms with Gasteiger partial charge in [0, 0.05) is 16.3 Å². The summed E-state index contributed by atoms with van der Waals surface area (Å²) in [5.74, 6) is 1.31. The summed E-state index contributed by atoms with van der Waals surface area (Å²) in [4.78, 5) is 0. The van der Waals surface area contributed by atoms with Crippen LogP contribution in [0.1, 0.15) is 44.2 Å². The minimum atomic E-state index is 0.479. The standard InChI is InChI=1S/C15H22ClNS/c1-2-10-17-15(14-5-3-4-11-18-14)12-6-8-13(16)9-7-12/h6-9,14-15,17H,2-5,10-11H2,1H3. The molecule has 1 fully saturated rings. The highest BCUT2D eigenvalue weighted by atomic mass is 35.5. The zero-order valence-electron chi connectivity index (χ0n) is 11.0. The Morgan fingerprint density at radius 1 is 1.33 bits per heavy atom. The normalized spacial score (nSPS) is 21.8. The van der Waals surface area contributed by atoms with Gasteiger partial charge in [0.25, 0.3) is 0 Å². The fourth-order valence-electron chi connectivity index (χ4n) is 2.46. The third kappa shape index (κ3) is 3.91. The minimum absolute atomic E-state index is 0.479. The van der Waals surface area contributed by atoms with E-state index in [0.29, 0.717) is 11.3 Å². The van der Waals surface area contributed by atoms with Gasteiger partial charge in [0.1, 0.15) is 0 Å². The lowest BCUT2D eigenvalue weighted by molar-refractivity contribution is 0.479. The molecule has 1 aromatic carbocycles. The number of rotatable bonds is 5. The lowest BCUT2D eigenvalue weighted by Crippen LogP contribution is -2.32. The second kappa shape index (κ2) is 7.42. The van der Waals surface area contributed by atoms with Gasteiger partial charge in [-0.05, 0) is 49.3 Å². The van der Waals surface area contributed by atoms with Gasteiger partial charge in [0.15, 0.2) is 0 Å². The number of benzene rings is 1. The molecule has 0 aromatic heterocycles. The average Bonchev–Trinajstić information content (AvgIpc) is 2.42. The van der Waals surface area contributed by atoms with Crippen LogP contribution < -0.4 is 5.32 Å². The van der Waals surface area contributed by atoms with E-state index in [0.717, 1.165) is 11.6 Å². The van der Waals surface area contributed by atoms with Gasteiger partial charge in [0.2, 0.25) is 0 Å². The van der Waals surface area contributed by atoms with Gasteiger partial charge < -0.3 is 5.32 Å². The van der Waals surface area contributed by atoms with Crippen molar-refractivity contribution in [2.45, 2.75) is 43.9 Å². The molecule has 2 atom stereocenters. The number of hydrogen-bond acceptors (Lipinski definition) is 2. The fraction of sp³-hybridized carbons (Fsp3) is 0.600. The first-order chi connectivity index (χ1) is 8.81. The molecule has 18 heavy (non-hydrogen) atoms. The predicted molar refractivity (Wildman–Crippen MR) is 82.6 cm³/mol. The Bertz CT molecular complexity index is 346. The van der Waals surface area contributed by atoms with Gasteiger partial charge in [-0.3, -0.25) is 0 Å². The van der Waals surface area contributed by atoms with Crippen molar-refractivity contribution in [3.8, 4) is 0 Å². The second-order valence-corrected chi connectivity index (χ2v) is 6.67. The van der Waals surface area contributed by atoms with Gasteiger partial charge >= 0.3 is 0 Å². The summed E-state index contributed by atoms with van der Waals surface area (Å²) in [6.07, 6.45) is 5.26. The molecule has 1 N–H and O–H groups in total. The highest BCUT2D eigenvalue weighted by molar-refractivity contribution is 8.00. The monoisotopic (exact) mass is 283 g/mol. The second-order valence-electron chi connectivity index (χ2n) is 4.89. The predicted octanol–water partition coefficient (Wildman–Crippen LogP) is 4.67.